The van der Waals surface area contributed by atoms with Crippen LogP contribution in [-0.2, 0) is 8.98 Å². The highest BCUT2D eigenvalue weighted by Gasteiger charge is 2.22. The van der Waals surface area contributed by atoms with E-state index in [4.69, 9.17) is 11.6 Å². The number of rotatable bonds is 3. The van der Waals surface area contributed by atoms with E-state index in [2.05, 4.69) is 4.18 Å². The number of fused-ring (bicyclic) bond motifs is 1. The van der Waals surface area contributed by atoms with Crippen molar-refractivity contribution in [3.63, 3.8) is 0 Å². The molecule has 2 rings (SSSR count). The molecule has 0 spiro atoms. The highest BCUT2D eigenvalue weighted by molar-refractivity contribution is 7.94. The van der Waals surface area contributed by atoms with Gasteiger partial charge in [-0.15, -0.1) is 11.3 Å². The number of carbonyl (C=O) groups excluding carboxylic acids is 2. The van der Waals surface area contributed by atoms with Crippen LogP contribution in [0.1, 0.15) is 9.67 Å². The van der Waals surface area contributed by atoms with Crippen molar-refractivity contribution >= 4 is 57.5 Å². The lowest BCUT2D eigenvalue weighted by atomic mass is 10.1. The standard InChI is InChI=1S/C11H7ClO3S2/c1-16-15-11(14)9(13)10-8-3-2-7(12)4-6(8)5-17-10/h2-5H,1H3. The summed E-state index contributed by atoms with van der Waals surface area (Å²) < 4.78 is 4.61. The van der Waals surface area contributed by atoms with Crippen LogP contribution in [0.3, 0.4) is 0 Å². The summed E-state index contributed by atoms with van der Waals surface area (Å²) in [5.74, 6) is -1.47. The van der Waals surface area contributed by atoms with Gasteiger partial charge in [0.25, 0.3) is 5.78 Å². The van der Waals surface area contributed by atoms with Crippen LogP contribution >= 0.6 is 35.0 Å². The summed E-state index contributed by atoms with van der Waals surface area (Å²) in [5.41, 5.74) is 0. The van der Waals surface area contributed by atoms with Gasteiger partial charge >= 0.3 is 5.97 Å². The Morgan fingerprint density at radius 2 is 2.18 bits per heavy atom. The van der Waals surface area contributed by atoms with Crippen molar-refractivity contribution in [2.75, 3.05) is 6.26 Å². The second-order valence-electron chi connectivity index (χ2n) is 3.16. The third-order valence-electron chi connectivity index (χ3n) is 2.11. The fraction of sp³-hybridized carbons (Fsp3) is 0.0909. The lowest BCUT2D eigenvalue weighted by Gasteiger charge is -1.98. The zero-order chi connectivity index (χ0) is 12.4. The monoisotopic (exact) mass is 286 g/mol. The minimum Gasteiger partial charge on any atom is -0.386 e. The molecule has 6 heteroatoms. The van der Waals surface area contributed by atoms with E-state index in [1.807, 2.05) is 0 Å². The summed E-state index contributed by atoms with van der Waals surface area (Å²) in [4.78, 5) is 23.5. The number of carbonyl (C=O) groups is 2. The van der Waals surface area contributed by atoms with Crippen LogP contribution in [0.5, 0.6) is 0 Å². The average molecular weight is 287 g/mol. The van der Waals surface area contributed by atoms with E-state index in [-0.39, 0.29) is 0 Å². The normalized spacial score (nSPS) is 10.5. The Morgan fingerprint density at radius 1 is 1.41 bits per heavy atom. The van der Waals surface area contributed by atoms with Crippen molar-refractivity contribution in [3.05, 3.63) is 33.5 Å². The fourth-order valence-electron chi connectivity index (χ4n) is 1.41. The zero-order valence-corrected chi connectivity index (χ0v) is 11.1. The van der Waals surface area contributed by atoms with Crippen molar-refractivity contribution in [1.82, 2.24) is 0 Å². The van der Waals surface area contributed by atoms with Crippen LogP contribution in [0.4, 0.5) is 0 Å². The van der Waals surface area contributed by atoms with E-state index >= 15 is 0 Å². The SMILES string of the molecule is CSOC(=O)C(=O)c1scc2cc(Cl)ccc12. The predicted octanol–water partition coefficient (Wildman–Crippen LogP) is 3.56. The summed E-state index contributed by atoms with van der Waals surface area (Å²) >= 11 is 7.92. The Kier molecular flexibility index (Phi) is 3.71. The van der Waals surface area contributed by atoms with Crippen LogP contribution in [0.2, 0.25) is 5.02 Å². The predicted molar refractivity (Wildman–Crippen MR) is 70.8 cm³/mol. The highest BCUT2D eigenvalue weighted by Crippen LogP contribution is 2.29. The molecular weight excluding hydrogens is 280 g/mol. The number of ketones is 1. The first kappa shape index (κ1) is 12.4. The summed E-state index contributed by atoms with van der Waals surface area (Å²) in [5, 5.41) is 3.96. The molecule has 0 radical (unpaired) electrons. The number of hydrogen-bond donors (Lipinski definition) is 0. The van der Waals surface area contributed by atoms with Gasteiger partial charge in [-0.2, -0.15) is 0 Å². The van der Waals surface area contributed by atoms with Crippen LogP contribution < -0.4 is 0 Å². The molecule has 0 aliphatic rings. The second kappa shape index (κ2) is 5.08. The number of Topliss-reactive ketones (excluding diaryl/α,β-unsaturated/α-hetero) is 1. The maximum absolute atomic E-state index is 11.8. The molecule has 0 amide bonds. The molecule has 0 N–H and O–H groups in total. The Bertz CT molecular complexity index is 591. The molecule has 0 fully saturated rings. The van der Waals surface area contributed by atoms with Gasteiger partial charge in [-0.3, -0.25) is 4.79 Å². The van der Waals surface area contributed by atoms with Crippen LogP contribution in [-0.4, -0.2) is 18.0 Å². The quantitative estimate of drug-likeness (QED) is 0.492. The lowest BCUT2D eigenvalue weighted by molar-refractivity contribution is -0.128. The topological polar surface area (TPSA) is 43.4 Å². The molecule has 88 valence electrons. The molecule has 17 heavy (non-hydrogen) atoms. The third-order valence-corrected chi connectivity index (χ3v) is 3.68. The number of hydrogen-bond acceptors (Lipinski definition) is 5. The van der Waals surface area contributed by atoms with Crippen molar-refractivity contribution in [3.8, 4) is 0 Å². The largest absolute Gasteiger partial charge is 0.392 e. The Balaban J connectivity index is 2.43. The van der Waals surface area contributed by atoms with Crippen LogP contribution in [0.15, 0.2) is 23.6 Å². The van der Waals surface area contributed by atoms with E-state index in [1.165, 1.54) is 11.3 Å². The first-order valence-electron chi connectivity index (χ1n) is 4.59. The molecule has 1 aromatic carbocycles. The fourth-order valence-corrected chi connectivity index (χ4v) is 2.76. The molecule has 0 saturated heterocycles. The molecule has 0 aliphatic heterocycles. The van der Waals surface area contributed by atoms with Crippen molar-refractivity contribution in [2.45, 2.75) is 0 Å². The van der Waals surface area contributed by atoms with Crippen molar-refractivity contribution < 1.29 is 13.8 Å². The molecule has 0 bridgehead atoms. The van der Waals surface area contributed by atoms with Gasteiger partial charge in [-0.1, -0.05) is 17.7 Å². The van der Waals surface area contributed by atoms with Crippen molar-refractivity contribution in [2.24, 2.45) is 0 Å². The minimum atomic E-state index is -0.851. The lowest BCUT2D eigenvalue weighted by Crippen LogP contribution is -2.13. The molecule has 0 aliphatic carbocycles. The number of thiophene rings is 1. The highest BCUT2D eigenvalue weighted by atomic mass is 35.5. The van der Waals surface area contributed by atoms with Gasteiger partial charge in [0.05, 0.1) is 16.9 Å². The Labute approximate surface area is 111 Å². The molecule has 1 heterocycles. The van der Waals surface area contributed by atoms with Crippen LogP contribution in [0, 0.1) is 0 Å². The summed E-state index contributed by atoms with van der Waals surface area (Å²) in [6.07, 6.45) is 1.58. The van der Waals surface area contributed by atoms with Gasteiger partial charge in [0.2, 0.25) is 0 Å². The number of benzene rings is 1. The van der Waals surface area contributed by atoms with Crippen LogP contribution in [0.25, 0.3) is 10.8 Å². The maximum Gasteiger partial charge on any atom is 0.392 e. The second-order valence-corrected chi connectivity index (χ2v) is 4.98. The minimum absolute atomic E-state index is 0.385. The van der Waals surface area contributed by atoms with Gasteiger partial charge in [0.15, 0.2) is 0 Å². The summed E-state index contributed by atoms with van der Waals surface area (Å²) in [6.45, 7) is 0. The van der Waals surface area contributed by atoms with Gasteiger partial charge in [-0.25, -0.2) is 4.79 Å². The molecular formula is C11H7ClO3S2. The van der Waals surface area contributed by atoms with E-state index in [0.717, 1.165) is 22.8 Å². The summed E-state index contributed by atoms with van der Waals surface area (Å²) in [7, 11) is 0. The van der Waals surface area contributed by atoms with E-state index in [9.17, 15) is 9.59 Å². The van der Waals surface area contributed by atoms with E-state index in [0.29, 0.717) is 9.90 Å². The maximum atomic E-state index is 11.8. The van der Waals surface area contributed by atoms with Crippen molar-refractivity contribution in [1.29, 1.82) is 0 Å². The molecule has 1 aromatic heterocycles. The molecule has 2 aromatic rings. The summed E-state index contributed by atoms with van der Waals surface area (Å²) in [6, 6.07) is 5.17. The van der Waals surface area contributed by atoms with E-state index < -0.39 is 11.8 Å². The molecule has 0 unspecified atom stereocenters. The van der Waals surface area contributed by atoms with Gasteiger partial charge in [-0.05, 0) is 22.9 Å². The Hall–Kier alpha value is -1.04. The number of halogens is 1. The van der Waals surface area contributed by atoms with Gasteiger partial charge in [0, 0.05) is 16.7 Å². The smallest absolute Gasteiger partial charge is 0.386 e. The molecule has 0 atom stereocenters. The van der Waals surface area contributed by atoms with E-state index in [1.54, 1.807) is 29.8 Å². The van der Waals surface area contributed by atoms with Gasteiger partial charge < -0.3 is 4.18 Å². The Morgan fingerprint density at radius 3 is 2.88 bits per heavy atom. The molecule has 3 nitrogen and oxygen atoms in total. The van der Waals surface area contributed by atoms with Gasteiger partial charge in [0.1, 0.15) is 0 Å². The first-order chi connectivity index (χ1) is 8.13. The molecule has 0 saturated carbocycles. The zero-order valence-electron chi connectivity index (χ0n) is 8.73. The first-order valence-corrected chi connectivity index (χ1v) is 7.00. The third kappa shape index (κ3) is 2.46. The average Bonchev–Trinajstić information content (AvgIpc) is 2.71.